The van der Waals surface area contributed by atoms with E-state index in [1.807, 2.05) is 0 Å². The van der Waals surface area contributed by atoms with E-state index in [1.165, 1.54) is 19.3 Å². The lowest BCUT2D eigenvalue weighted by Gasteiger charge is -2.60. The topological polar surface area (TPSA) is 29.1 Å². The Morgan fingerprint density at radius 1 is 1.41 bits per heavy atom. The number of fused-ring (bicyclic) bond motifs is 2. The van der Waals surface area contributed by atoms with Crippen molar-refractivity contribution in [2.75, 3.05) is 6.54 Å². The number of hydrogen-bond donors (Lipinski definition) is 1. The molecule has 2 bridgehead atoms. The van der Waals surface area contributed by atoms with Crippen LogP contribution in [0.25, 0.3) is 0 Å². The largest absolute Gasteiger partial charge is 0.345 e. The molecule has 3 aliphatic carbocycles. The Hall–Kier alpha value is -0.970. The molecule has 0 radical (unpaired) electrons. The second-order valence-corrected chi connectivity index (χ2v) is 6.12. The molecule has 3 rings (SSSR count). The van der Waals surface area contributed by atoms with Gasteiger partial charge in [-0.3, -0.25) is 4.79 Å². The molecule has 0 unspecified atom stereocenters. The lowest BCUT2D eigenvalue weighted by molar-refractivity contribution is -0.117. The molecule has 0 aromatic rings. The zero-order valence-corrected chi connectivity index (χ0v) is 11.2. The van der Waals surface area contributed by atoms with Crippen molar-refractivity contribution in [2.45, 2.75) is 46.5 Å². The van der Waals surface area contributed by atoms with Gasteiger partial charge < -0.3 is 5.32 Å². The van der Waals surface area contributed by atoms with Gasteiger partial charge in [0.15, 0.2) is 0 Å². The number of amides is 1. The van der Waals surface area contributed by atoms with E-state index in [4.69, 9.17) is 0 Å². The summed E-state index contributed by atoms with van der Waals surface area (Å²) in [5.41, 5.74) is 0.552. The lowest BCUT2D eigenvalue weighted by Crippen LogP contribution is -2.52. The van der Waals surface area contributed by atoms with Gasteiger partial charge in [0.25, 0.3) is 5.91 Å². The molecule has 3 fully saturated rings. The van der Waals surface area contributed by atoms with E-state index in [0.29, 0.717) is 5.41 Å². The van der Waals surface area contributed by atoms with Gasteiger partial charge in [0, 0.05) is 6.54 Å². The fourth-order valence-electron chi connectivity index (χ4n) is 3.84. The van der Waals surface area contributed by atoms with Crippen LogP contribution in [0.4, 0.5) is 0 Å². The Morgan fingerprint density at radius 2 is 2.18 bits per heavy atom. The summed E-state index contributed by atoms with van der Waals surface area (Å²) in [4.78, 5) is 11.2. The first kappa shape index (κ1) is 12.5. The van der Waals surface area contributed by atoms with Gasteiger partial charge >= 0.3 is 0 Å². The van der Waals surface area contributed by atoms with Gasteiger partial charge in [-0.1, -0.05) is 19.8 Å². The van der Waals surface area contributed by atoms with E-state index in [0.717, 1.165) is 30.7 Å². The number of rotatable bonds is 3. The van der Waals surface area contributed by atoms with Crippen LogP contribution in [0, 0.1) is 35.0 Å². The molecule has 1 N–H and O–H groups in total. The molecule has 2 heteroatoms. The summed E-state index contributed by atoms with van der Waals surface area (Å²) in [6, 6.07) is 0. The van der Waals surface area contributed by atoms with Crippen molar-refractivity contribution in [3.05, 3.63) is 0 Å². The minimum atomic E-state index is -0.131. The predicted octanol–water partition coefficient (Wildman–Crippen LogP) is 2.59. The highest BCUT2D eigenvalue weighted by atomic mass is 16.1. The van der Waals surface area contributed by atoms with Crippen molar-refractivity contribution in [2.24, 2.45) is 23.2 Å². The van der Waals surface area contributed by atoms with Crippen molar-refractivity contribution >= 4 is 5.91 Å². The minimum Gasteiger partial charge on any atom is -0.345 e. The average molecular weight is 233 g/mol. The summed E-state index contributed by atoms with van der Waals surface area (Å²) >= 11 is 0. The Labute approximate surface area is 105 Å². The minimum absolute atomic E-state index is 0.131. The third-order valence-electron chi connectivity index (χ3n) is 5.04. The van der Waals surface area contributed by atoms with Gasteiger partial charge in [-0.2, -0.15) is 0 Å². The van der Waals surface area contributed by atoms with Gasteiger partial charge in [0.2, 0.25) is 0 Å². The van der Waals surface area contributed by atoms with Crippen molar-refractivity contribution in [3.63, 3.8) is 0 Å². The van der Waals surface area contributed by atoms with Gasteiger partial charge in [-0.15, -0.1) is 0 Å². The zero-order chi connectivity index (χ0) is 12.5. The quantitative estimate of drug-likeness (QED) is 0.746. The molecule has 0 saturated heterocycles. The number of carbonyl (C=O) groups is 1. The smallest absolute Gasteiger partial charge is 0.295 e. The van der Waals surface area contributed by atoms with E-state index in [9.17, 15) is 4.79 Å². The monoisotopic (exact) mass is 233 g/mol. The summed E-state index contributed by atoms with van der Waals surface area (Å²) in [6.07, 6.45) is 5.28. The van der Waals surface area contributed by atoms with Crippen LogP contribution in [0.2, 0.25) is 0 Å². The molecule has 0 spiro atoms. The molecule has 3 atom stereocenters. The molecule has 1 amide bonds. The van der Waals surface area contributed by atoms with E-state index in [2.05, 4.69) is 31.0 Å². The molecule has 2 nitrogen and oxygen atoms in total. The van der Waals surface area contributed by atoms with Gasteiger partial charge in [0.05, 0.1) is 0 Å². The number of nitrogens with one attached hydrogen (secondary N) is 1. The van der Waals surface area contributed by atoms with Crippen LogP contribution in [0.15, 0.2) is 0 Å². The molecule has 3 saturated carbocycles. The van der Waals surface area contributed by atoms with Crippen molar-refractivity contribution < 1.29 is 4.79 Å². The lowest BCUT2D eigenvalue weighted by atomic mass is 9.45. The summed E-state index contributed by atoms with van der Waals surface area (Å²) in [5.74, 6) is 7.67. The number of hydrogen-bond acceptors (Lipinski definition) is 1. The molecule has 94 valence electrons. The maximum Gasteiger partial charge on any atom is 0.295 e. The molecule has 0 aliphatic heterocycles. The zero-order valence-electron chi connectivity index (χ0n) is 11.2. The van der Waals surface area contributed by atoms with Crippen LogP contribution in [-0.4, -0.2) is 12.5 Å². The molecule has 17 heavy (non-hydrogen) atoms. The predicted molar refractivity (Wildman–Crippen MR) is 69.2 cm³/mol. The van der Waals surface area contributed by atoms with Gasteiger partial charge in [0.1, 0.15) is 0 Å². The van der Waals surface area contributed by atoms with Crippen molar-refractivity contribution in [1.82, 2.24) is 5.32 Å². The average Bonchev–Trinajstić information content (AvgIpc) is 2.29. The van der Waals surface area contributed by atoms with E-state index >= 15 is 0 Å². The Balaban J connectivity index is 1.76. The first-order chi connectivity index (χ1) is 8.05. The van der Waals surface area contributed by atoms with Crippen LogP contribution < -0.4 is 5.32 Å². The third kappa shape index (κ3) is 2.34. The molecular formula is C15H23NO. The van der Waals surface area contributed by atoms with Gasteiger partial charge in [-0.25, -0.2) is 0 Å². The summed E-state index contributed by atoms with van der Waals surface area (Å²) < 4.78 is 0. The number of carbonyl (C=O) groups excluding carboxylic acids is 1. The van der Waals surface area contributed by atoms with Crippen molar-refractivity contribution in [1.29, 1.82) is 0 Å². The highest BCUT2D eigenvalue weighted by Crippen LogP contribution is 2.61. The van der Waals surface area contributed by atoms with E-state index in [1.54, 1.807) is 6.92 Å². The van der Waals surface area contributed by atoms with E-state index in [-0.39, 0.29) is 5.91 Å². The Bertz CT molecular complexity index is 359. The van der Waals surface area contributed by atoms with Crippen LogP contribution in [-0.2, 0) is 4.79 Å². The normalized spacial score (nSPS) is 33.0. The SMILES string of the molecule is CC#CC(=O)NCC[C@@H]1CC[C@H]2C[C@@H]1C2(C)C. The first-order valence-corrected chi connectivity index (χ1v) is 6.76. The summed E-state index contributed by atoms with van der Waals surface area (Å²) in [5, 5.41) is 2.88. The maximum atomic E-state index is 11.2. The molecule has 3 aliphatic rings. The standard InChI is InChI=1S/C15H23NO/c1-4-5-14(17)16-9-8-11-6-7-12-10-13(11)15(12,2)3/h11-13H,6-10H2,1-3H3,(H,16,17)/t11-,12-,13-/m0/s1. The van der Waals surface area contributed by atoms with Crippen LogP contribution in [0.5, 0.6) is 0 Å². The summed E-state index contributed by atoms with van der Waals surface area (Å²) in [7, 11) is 0. The molecular weight excluding hydrogens is 210 g/mol. The second-order valence-electron chi connectivity index (χ2n) is 6.12. The van der Waals surface area contributed by atoms with Crippen LogP contribution >= 0.6 is 0 Å². The molecule has 0 heterocycles. The Morgan fingerprint density at radius 3 is 2.76 bits per heavy atom. The highest BCUT2D eigenvalue weighted by molar-refractivity contribution is 5.93. The molecule has 0 aromatic carbocycles. The van der Waals surface area contributed by atoms with Crippen LogP contribution in [0.1, 0.15) is 46.5 Å². The summed E-state index contributed by atoms with van der Waals surface area (Å²) in [6.45, 7) is 7.31. The van der Waals surface area contributed by atoms with E-state index < -0.39 is 0 Å². The fourth-order valence-corrected chi connectivity index (χ4v) is 3.84. The first-order valence-electron chi connectivity index (χ1n) is 6.76. The second kappa shape index (κ2) is 4.72. The Kier molecular flexibility index (Phi) is 3.47. The van der Waals surface area contributed by atoms with Gasteiger partial charge in [-0.05, 0) is 61.7 Å². The molecule has 0 aromatic heterocycles. The third-order valence-corrected chi connectivity index (χ3v) is 5.04. The van der Waals surface area contributed by atoms with Crippen molar-refractivity contribution in [3.8, 4) is 11.8 Å². The maximum absolute atomic E-state index is 11.2. The highest BCUT2D eigenvalue weighted by Gasteiger charge is 2.53. The van der Waals surface area contributed by atoms with Crippen LogP contribution in [0.3, 0.4) is 0 Å². The fraction of sp³-hybridized carbons (Fsp3) is 0.800.